The first-order valence-electron chi connectivity index (χ1n) is 6.02. The van der Waals surface area contributed by atoms with E-state index in [1.807, 2.05) is 0 Å². The van der Waals surface area contributed by atoms with E-state index in [-0.39, 0.29) is 5.41 Å². The number of carbonyl (C=O) groups is 1. The van der Waals surface area contributed by atoms with Crippen molar-refractivity contribution in [2.45, 2.75) is 43.5 Å². The minimum Gasteiger partial charge on any atom is -0.480 e. The molecule has 0 aliphatic rings. The van der Waals surface area contributed by atoms with Gasteiger partial charge < -0.3 is 10.8 Å². The standard InChI is InChI=1S/C14H21NO2S/c1-14(2,3)10-4-6-11(7-5-10)18-9-8-12(15)13(16)17/h4-7,12H,8-9,15H2,1-3H3,(H,16,17). The van der Waals surface area contributed by atoms with Crippen LogP contribution >= 0.6 is 11.8 Å². The molecule has 0 aromatic heterocycles. The average molecular weight is 267 g/mol. The van der Waals surface area contributed by atoms with Gasteiger partial charge in [0.2, 0.25) is 0 Å². The van der Waals surface area contributed by atoms with E-state index < -0.39 is 12.0 Å². The van der Waals surface area contributed by atoms with E-state index in [4.69, 9.17) is 10.8 Å². The Balaban J connectivity index is 2.47. The van der Waals surface area contributed by atoms with Gasteiger partial charge in [0, 0.05) is 10.6 Å². The van der Waals surface area contributed by atoms with E-state index in [1.54, 1.807) is 11.8 Å². The van der Waals surface area contributed by atoms with Gasteiger partial charge in [0.25, 0.3) is 0 Å². The zero-order valence-electron chi connectivity index (χ0n) is 11.1. The summed E-state index contributed by atoms with van der Waals surface area (Å²) in [5.74, 6) is -0.207. The van der Waals surface area contributed by atoms with E-state index in [9.17, 15) is 4.79 Å². The number of rotatable bonds is 5. The van der Waals surface area contributed by atoms with Crippen LogP contribution in [0.1, 0.15) is 32.8 Å². The number of aliphatic carboxylic acids is 1. The van der Waals surface area contributed by atoms with Gasteiger partial charge in [-0.05, 0) is 29.5 Å². The summed E-state index contributed by atoms with van der Waals surface area (Å²) in [7, 11) is 0. The van der Waals surface area contributed by atoms with Crippen molar-refractivity contribution < 1.29 is 9.90 Å². The monoisotopic (exact) mass is 267 g/mol. The van der Waals surface area contributed by atoms with Crippen LogP contribution < -0.4 is 5.73 Å². The molecule has 0 radical (unpaired) electrons. The summed E-state index contributed by atoms with van der Waals surface area (Å²) in [5.41, 5.74) is 6.91. The molecular formula is C14H21NO2S. The lowest BCUT2D eigenvalue weighted by Gasteiger charge is -2.19. The molecule has 0 saturated heterocycles. The minimum absolute atomic E-state index is 0.162. The maximum Gasteiger partial charge on any atom is 0.320 e. The molecule has 0 amide bonds. The van der Waals surface area contributed by atoms with Crippen molar-refractivity contribution in [3.05, 3.63) is 29.8 Å². The van der Waals surface area contributed by atoms with Gasteiger partial charge in [0.05, 0.1) is 0 Å². The Morgan fingerprint density at radius 1 is 1.33 bits per heavy atom. The van der Waals surface area contributed by atoms with Crippen LogP contribution in [0.4, 0.5) is 0 Å². The molecule has 0 spiro atoms. The predicted molar refractivity (Wildman–Crippen MR) is 76.1 cm³/mol. The second kappa shape index (κ2) is 6.25. The van der Waals surface area contributed by atoms with Crippen molar-refractivity contribution in [3.63, 3.8) is 0 Å². The van der Waals surface area contributed by atoms with E-state index in [2.05, 4.69) is 45.0 Å². The normalized spacial score (nSPS) is 13.3. The molecule has 1 rings (SSSR count). The number of benzene rings is 1. The van der Waals surface area contributed by atoms with E-state index in [0.29, 0.717) is 6.42 Å². The van der Waals surface area contributed by atoms with Crippen molar-refractivity contribution in [3.8, 4) is 0 Å². The summed E-state index contributed by atoms with van der Waals surface area (Å²) in [4.78, 5) is 11.7. The number of thioether (sulfide) groups is 1. The fraction of sp³-hybridized carbons (Fsp3) is 0.500. The van der Waals surface area contributed by atoms with E-state index in [1.165, 1.54) is 5.56 Å². The molecule has 0 bridgehead atoms. The number of hydrogen-bond acceptors (Lipinski definition) is 3. The van der Waals surface area contributed by atoms with Gasteiger partial charge in [-0.15, -0.1) is 11.8 Å². The molecule has 0 fully saturated rings. The van der Waals surface area contributed by atoms with Crippen molar-refractivity contribution in [2.75, 3.05) is 5.75 Å². The van der Waals surface area contributed by atoms with Crippen LogP contribution in [0.5, 0.6) is 0 Å². The topological polar surface area (TPSA) is 63.3 Å². The van der Waals surface area contributed by atoms with E-state index >= 15 is 0 Å². The van der Waals surface area contributed by atoms with Crippen LogP contribution in [0, 0.1) is 0 Å². The number of hydrogen-bond donors (Lipinski definition) is 2. The summed E-state index contributed by atoms with van der Waals surface area (Å²) in [6.07, 6.45) is 0.487. The number of nitrogens with two attached hydrogens (primary N) is 1. The van der Waals surface area contributed by atoms with Crippen molar-refractivity contribution in [1.29, 1.82) is 0 Å². The molecule has 3 N–H and O–H groups in total. The van der Waals surface area contributed by atoms with Gasteiger partial charge in [-0.25, -0.2) is 0 Å². The van der Waals surface area contributed by atoms with Gasteiger partial charge >= 0.3 is 5.97 Å². The molecule has 100 valence electrons. The minimum atomic E-state index is -0.932. The molecule has 18 heavy (non-hydrogen) atoms. The summed E-state index contributed by atoms with van der Waals surface area (Å²) in [5, 5.41) is 8.67. The summed E-state index contributed by atoms with van der Waals surface area (Å²) >= 11 is 1.64. The third-order valence-corrected chi connectivity index (χ3v) is 3.78. The highest BCUT2D eigenvalue weighted by atomic mass is 32.2. The molecule has 4 heteroatoms. The fourth-order valence-electron chi connectivity index (χ4n) is 1.48. The molecular weight excluding hydrogens is 246 g/mol. The van der Waals surface area contributed by atoms with Gasteiger partial charge in [-0.3, -0.25) is 4.79 Å². The van der Waals surface area contributed by atoms with Gasteiger partial charge in [0.15, 0.2) is 0 Å². The second-order valence-electron chi connectivity index (χ2n) is 5.36. The van der Waals surface area contributed by atoms with Crippen molar-refractivity contribution in [2.24, 2.45) is 5.73 Å². The quantitative estimate of drug-likeness (QED) is 0.805. The van der Waals surface area contributed by atoms with Gasteiger partial charge in [0.1, 0.15) is 6.04 Å². The third kappa shape index (κ3) is 4.70. The lowest BCUT2D eigenvalue weighted by molar-refractivity contribution is -0.138. The van der Waals surface area contributed by atoms with Crippen LogP contribution in [-0.4, -0.2) is 22.9 Å². The molecule has 0 aliphatic heterocycles. The molecule has 1 atom stereocenters. The Hall–Kier alpha value is -1.00. The zero-order chi connectivity index (χ0) is 13.8. The molecule has 1 aromatic rings. The maximum absolute atomic E-state index is 10.6. The number of carboxylic acids is 1. The highest BCUT2D eigenvalue weighted by molar-refractivity contribution is 7.99. The Labute approximate surface area is 113 Å². The molecule has 0 heterocycles. The van der Waals surface area contributed by atoms with Crippen LogP contribution in [-0.2, 0) is 10.2 Å². The highest BCUT2D eigenvalue weighted by Crippen LogP contribution is 2.25. The zero-order valence-corrected chi connectivity index (χ0v) is 12.0. The average Bonchev–Trinajstić information content (AvgIpc) is 2.28. The maximum atomic E-state index is 10.6. The number of carboxylic acid groups (broad SMARTS) is 1. The molecule has 0 aliphatic carbocycles. The highest BCUT2D eigenvalue weighted by Gasteiger charge is 2.13. The van der Waals surface area contributed by atoms with E-state index in [0.717, 1.165) is 10.6 Å². The Morgan fingerprint density at radius 2 is 1.89 bits per heavy atom. The predicted octanol–water partition coefficient (Wildman–Crippen LogP) is 2.88. The largest absolute Gasteiger partial charge is 0.480 e. The Bertz CT molecular complexity index is 395. The second-order valence-corrected chi connectivity index (χ2v) is 6.52. The fourth-order valence-corrected chi connectivity index (χ4v) is 2.41. The van der Waals surface area contributed by atoms with Crippen molar-refractivity contribution in [1.82, 2.24) is 0 Å². The third-order valence-electron chi connectivity index (χ3n) is 2.74. The molecule has 1 aromatic carbocycles. The first kappa shape index (κ1) is 15.1. The summed E-state index contributed by atoms with van der Waals surface area (Å²) in [6, 6.07) is 7.65. The van der Waals surface area contributed by atoms with Crippen molar-refractivity contribution >= 4 is 17.7 Å². The lowest BCUT2D eigenvalue weighted by atomic mass is 9.87. The molecule has 0 saturated carbocycles. The Kier molecular flexibility index (Phi) is 5.23. The van der Waals surface area contributed by atoms with Gasteiger partial charge in [-0.2, -0.15) is 0 Å². The molecule has 1 unspecified atom stereocenters. The van der Waals surface area contributed by atoms with Gasteiger partial charge in [-0.1, -0.05) is 32.9 Å². The first-order valence-corrected chi connectivity index (χ1v) is 7.01. The van der Waals surface area contributed by atoms with Crippen LogP contribution in [0.3, 0.4) is 0 Å². The molecule has 3 nitrogen and oxygen atoms in total. The Morgan fingerprint density at radius 3 is 2.33 bits per heavy atom. The SMILES string of the molecule is CC(C)(C)c1ccc(SCCC(N)C(=O)O)cc1. The van der Waals surface area contributed by atoms with Crippen LogP contribution in [0.2, 0.25) is 0 Å². The van der Waals surface area contributed by atoms with Crippen LogP contribution in [0.15, 0.2) is 29.2 Å². The summed E-state index contributed by atoms with van der Waals surface area (Å²) in [6.45, 7) is 6.54. The smallest absolute Gasteiger partial charge is 0.320 e. The lowest BCUT2D eigenvalue weighted by Crippen LogP contribution is -2.30. The van der Waals surface area contributed by atoms with Crippen LogP contribution in [0.25, 0.3) is 0 Å². The first-order chi connectivity index (χ1) is 8.30. The summed E-state index contributed by atoms with van der Waals surface area (Å²) < 4.78 is 0.